The number of Topliss-reactive ketones (excluding diaryl/α,β-unsaturated/α-hetero) is 3. The normalized spacial score (nSPS) is 39.8. The molecule has 15 nitrogen and oxygen atoms in total. The number of cyclic esters (lactones) is 1. The van der Waals surface area contributed by atoms with E-state index in [1.54, 1.807) is 85.4 Å². The van der Waals surface area contributed by atoms with Gasteiger partial charge in [-0.1, -0.05) is 71.1 Å². The molecule has 4 aliphatic rings. The van der Waals surface area contributed by atoms with Gasteiger partial charge in [0.15, 0.2) is 13.2 Å². The fourth-order valence-corrected chi connectivity index (χ4v) is 11.3. The van der Waals surface area contributed by atoms with Crippen molar-refractivity contribution < 1.29 is 71.1 Å². The highest BCUT2D eigenvalue weighted by Crippen LogP contribution is 2.45. The van der Waals surface area contributed by atoms with E-state index >= 15 is 0 Å². The Balaban J connectivity index is 1.73. The highest BCUT2D eigenvalue weighted by molar-refractivity contribution is 7.57. The van der Waals surface area contributed by atoms with E-state index in [1.165, 1.54) is 7.11 Å². The van der Waals surface area contributed by atoms with Gasteiger partial charge in [-0.15, -0.1) is 0 Å². The third kappa shape index (κ3) is 16.2. The molecule has 3 aliphatic heterocycles. The highest BCUT2D eigenvalue weighted by Gasteiger charge is 2.53. The third-order valence-electron chi connectivity index (χ3n) is 14.7. The van der Waals surface area contributed by atoms with Crippen molar-refractivity contribution in [3.63, 3.8) is 0 Å². The molecule has 69 heavy (non-hydrogen) atoms. The summed E-state index contributed by atoms with van der Waals surface area (Å²) in [5.41, 5.74) is 0.870. The second-order valence-electron chi connectivity index (χ2n) is 20.8. The predicted molar refractivity (Wildman–Crippen MR) is 263 cm³/mol. The largest absolute Gasteiger partial charge is 0.460 e. The smallest absolute Gasteiger partial charge is 0.329 e. The first-order valence-electron chi connectivity index (χ1n) is 26.5. The molecule has 4 rings (SSSR count). The number of esters is 1. The molecule has 2 N–H and O–H groups in total. The first kappa shape index (κ1) is 53.7. The number of ether oxygens (including phenoxy) is 5. The van der Waals surface area contributed by atoms with E-state index < -0.39 is 98.1 Å². The Morgan fingerprint density at radius 1 is 0.899 bits per heavy atom. The Kier molecular flexibility index (Phi) is 20.6. The fourth-order valence-electron chi connectivity index (χ4n) is 10.4. The maximum atomic E-state index is 14.5. The number of nitrogens with zero attached hydrogens (tertiary/aromatic N) is 1. The summed E-state index contributed by atoms with van der Waals surface area (Å²) in [4.78, 5) is 72.4. The number of hydrogen-bond acceptors (Lipinski definition) is 14. The number of aliphatic hydroxyl groups is 2. The maximum absolute atomic E-state index is 14.5. The van der Waals surface area contributed by atoms with Crippen LogP contribution in [0.25, 0.3) is 0 Å². The number of piperidine rings is 1. The summed E-state index contributed by atoms with van der Waals surface area (Å²) in [5.74, 6) is -8.97. The first-order valence-corrected chi connectivity index (χ1v) is 27.5. The van der Waals surface area contributed by atoms with Crippen molar-refractivity contribution in [2.24, 2.45) is 35.5 Å². The van der Waals surface area contributed by atoms with Crippen molar-refractivity contribution in [2.45, 2.75) is 180 Å². The summed E-state index contributed by atoms with van der Waals surface area (Å²) in [6.07, 6.45) is 8.50. The van der Waals surface area contributed by atoms with Crippen LogP contribution < -0.4 is 0 Å². The lowest BCUT2D eigenvalue weighted by atomic mass is 9.78. The van der Waals surface area contributed by atoms with Gasteiger partial charge in [0.1, 0.15) is 30.1 Å². The van der Waals surface area contributed by atoms with E-state index in [1.807, 2.05) is 19.9 Å². The van der Waals surface area contributed by atoms with Crippen molar-refractivity contribution in [1.82, 2.24) is 4.90 Å². The zero-order valence-corrected chi connectivity index (χ0v) is 43.8. The molecule has 3 fully saturated rings. The number of carbonyl (C=O) groups excluding carboxylic acids is 5. The summed E-state index contributed by atoms with van der Waals surface area (Å²) in [6, 6.07) is -1.23. The van der Waals surface area contributed by atoms with Crippen molar-refractivity contribution in [3.05, 3.63) is 47.6 Å². The number of ketones is 3. The number of amides is 1. The number of fused-ring (bicyclic) bond motifs is 3. The Hall–Kier alpha value is -3.14. The summed E-state index contributed by atoms with van der Waals surface area (Å²) >= 11 is 0. The third-order valence-corrected chi connectivity index (χ3v) is 15.5. The molecule has 1 saturated carbocycles. The van der Waals surface area contributed by atoms with Crippen LogP contribution in [-0.2, 0) is 56.7 Å². The van der Waals surface area contributed by atoms with Crippen LogP contribution in [0.3, 0.4) is 0 Å². The number of methoxy groups -OCH3 is 3. The Labute approximate surface area is 415 Å². The molecule has 1 aliphatic carbocycles. The molecular weight excluding hydrogens is 906 g/mol. The molecular formula is C53H84NO14P. The quantitative estimate of drug-likeness (QED) is 0.104. The van der Waals surface area contributed by atoms with Gasteiger partial charge in [-0.2, -0.15) is 0 Å². The molecule has 0 radical (unpaired) electrons. The van der Waals surface area contributed by atoms with Crippen LogP contribution >= 0.6 is 7.37 Å². The minimum absolute atomic E-state index is 0.0107. The molecule has 0 spiro atoms. The van der Waals surface area contributed by atoms with Gasteiger partial charge in [-0.25, -0.2) is 4.79 Å². The molecule has 15 atom stereocenters. The van der Waals surface area contributed by atoms with E-state index in [-0.39, 0.29) is 67.8 Å². The Morgan fingerprint density at radius 2 is 1.62 bits per heavy atom. The molecule has 1 amide bonds. The van der Waals surface area contributed by atoms with Crippen LogP contribution in [0.15, 0.2) is 47.6 Å². The van der Waals surface area contributed by atoms with E-state index in [4.69, 9.17) is 32.3 Å². The van der Waals surface area contributed by atoms with Gasteiger partial charge in [-0.05, 0) is 107 Å². The van der Waals surface area contributed by atoms with Crippen molar-refractivity contribution >= 4 is 36.6 Å². The van der Waals surface area contributed by atoms with Crippen LogP contribution in [0.4, 0.5) is 0 Å². The average molecular weight is 993 g/mol. The summed E-state index contributed by atoms with van der Waals surface area (Å²) in [5, 5.41) is 23.5. The molecule has 0 aromatic heterocycles. The summed E-state index contributed by atoms with van der Waals surface area (Å²) in [7, 11) is -2.69. The molecule has 2 saturated heterocycles. The number of rotatable bonds is 8. The van der Waals surface area contributed by atoms with Gasteiger partial charge >= 0.3 is 5.97 Å². The second kappa shape index (κ2) is 26.5. The SMILES string of the molecule is [2H]C([2H])([2H])O[C@H]1C[C@@H]2CC[C@@H](C)[C@@](O)(O2)C(=O)C(=O)N2CCCC[C@H]2C(=O)O[C@H]([C@H](C)C[C@@H]2CC[C@@H](OP(C)(C)=O)[C@H](OC)C2)CC(=O)[C@H](C)/C=C(\C)[C@@H](O)[C@@H](OC)C(=O)[C@H](C)C[C@H](C)/C=C/C=C/C=C/1C. The van der Waals surface area contributed by atoms with Crippen LogP contribution in [0.5, 0.6) is 0 Å². The van der Waals surface area contributed by atoms with Crippen LogP contribution in [-0.4, -0.2) is 140 Å². The monoisotopic (exact) mass is 993 g/mol. The van der Waals surface area contributed by atoms with E-state index in [2.05, 4.69) is 0 Å². The van der Waals surface area contributed by atoms with Crippen LogP contribution in [0, 0.1) is 35.5 Å². The fraction of sp³-hybridized carbons (Fsp3) is 0.755. The number of hydrogen-bond donors (Lipinski definition) is 2. The van der Waals surface area contributed by atoms with Crippen LogP contribution in [0.1, 0.15) is 130 Å². The Bertz CT molecular complexity index is 2050. The molecule has 0 aromatic carbocycles. The predicted octanol–water partition coefficient (Wildman–Crippen LogP) is 7.74. The topological polar surface area (TPSA) is 201 Å². The van der Waals surface area contributed by atoms with E-state index in [9.17, 15) is 38.8 Å². The van der Waals surface area contributed by atoms with Crippen molar-refractivity contribution in [3.8, 4) is 0 Å². The van der Waals surface area contributed by atoms with Gasteiger partial charge in [0.2, 0.25) is 5.79 Å². The lowest BCUT2D eigenvalue weighted by Gasteiger charge is -2.42. The molecule has 0 unspecified atom stereocenters. The lowest BCUT2D eigenvalue weighted by Crippen LogP contribution is -2.61. The average Bonchev–Trinajstić information content (AvgIpc) is 3.30. The van der Waals surface area contributed by atoms with E-state index in [0.717, 1.165) is 4.90 Å². The lowest BCUT2D eigenvalue weighted by molar-refractivity contribution is -0.265. The van der Waals surface area contributed by atoms with Gasteiger partial charge in [-0.3, -0.25) is 23.7 Å². The minimum Gasteiger partial charge on any atom is -0.460 e. The second-order valence-corrected chi connectivity index (χ2v) is 23.5. The zero-order chi connectivity index (χ0) is 53.9. The van der Waals surface area contributed by atoms with Crippen molar-refractivity contribution in [2.75, 3.05) is 41.1 Å². The number of carbonyl (C=O) groups is 5. The van der Waals surface area contributed by atoms with E-state index in [0.29, 0.717) is 62.5 Å². The zero-order valence-electron chi connectivity index (χ0n) is 45.9. The van der Waals surface area contributed by atoms with Gasteiger partial charge in [0.25, 0.3) is 11.7 Å². The molecule has 16 heteroatoms. The number of aliphatic hydroxyl groups excluding tert-OH is 1. The van der Waals surface area contributed by atoms with Gasteiger partial charge in [0.05, 0.1) is 28.5 Å². The van der Waals surface area contributed by atoms with Gasteiger partial charge in [0, 0.05) is 71.7 Å². The van der Waals surface area contributed by atoms with Crippen molar-refractivity contribution in [1.29, 1.82) is 0 Å². The summed E-state index contributed by atoms with van der Waals surface area (Å²) in [6.45, 7) is 15.3. The van der Waals surface area contributed by atoms with Crippen LogP contribution in [0.2, 0.25) is 0 Å². The standard InChI is InChI=1S/C53H84NO14P/c1-32-18-14-13-15-19-33(2)44(63-8)30-40-23-21-38(7)53(61,67-40)50(58)51(59)54-25-17-16-20-41(54)52(60)66-45(35(4)28-39-22-24-43(46(29-39)64-9)68-69(11,12)62)31-42(55)34(3)27-37(6)48(57)49(65-10)47(56)36(5)26-32/h13-15,18-19,27,32,34-36,38-41,43-46,48-49,57,61H,16-17,20-26,28-31H2,1-12H3/b15-13+,18-14+,33-19+,37-27+/t32-,34-,35-,36-,38-,39+,40+,41+,43-,44+,45+,46-,48-,49+,53-/m1/s1/i8D3. The highest BCUT2D eigenvalue weighted by atomic mass is 31.2. The molecule has 3 heterocycles. The molecule has 0 aromatic rings. The summed E-state index contributed by atoms with van der Waals surface area (Å²) < 4.78 is 71.5. The minimum atomic E-state index is -2.81. The molecule has 2 bridgehead atoms. The number of allylic oxidation sites excluding steroid dienone is 6. The Morgan fingerprint density at radius 3 is 2.29 bits per heavy atom. The maximum Gasteiger partial charge on any atom is 0.329 e. The molecule has 390 valence electrons. The first-order chi connectivity index (χ1) is 33.6. The van der Waals surface area contributed by atoms with Gasteiger partial charge < -0.3 is 43.3 Å².